The van der Waals surface area contributed by atoms with Crippen LogP contribution in [0.4, 0.5) is 0 Å². The summed E-state index contributed by atoms with van der Waals surface area (Å²) in [6, 6.07) is 48.3. The zero-order chi connectivity index (χ0) is 33.3. The van der Waals surface area contributed by atoms with Crippen LogP contribution in [-0.4, -0.2) is 24.9 Å². The van der Waals surface area contributed by atoms with Gasteiger partial charge in [-0.25, -0.2) is 19.9 Å². The maximum atomic E-state index is 5.08. The van der Waals surface area contributed by atoms with E-state index in [1.54, 1.807) is 0 Å². The Balaban J connectivity index is 1.21. The van der Waals surface area contributed by atoms with Gasteiger partial charge in [-0.3, -0.25) is 4.98 Å². The summed E-state index contributed by atoms with van der Waals surface area (Å²) in [7, 11) is 0. The normalized spacial score (nSPS) is 12.7. The Morgan fingerprint density at radius 3 is 1.96 bits per heavy atom. The van der Waals surface area contributed by atoms with Crippen molar-refractivity contribution in [2.24, 2.45) is 0 Å². The second-order valence-electron chi connectivity index (χ2n) is 12.5. The quantitative estimate of drug-likeness (QED) is 0.181. The van der Waals surface area contributed by atoms with Crippen molar-refractivity contribution >= 4 is 27.4 Å². The molecule has 0 amide bonds. The second kappa shape index (κ2) is 12.8. The van der Waals surface area contributed by atoms with Gasteiger partial charge in [-0.1, -0.05) is 127 Å². The Morgan fingerprint density at radius 2 is 1.12 bits per heavy atom. The van der Waals surface area contributed by atoms with Crippen LogP contribution in [0.3, 0.4) is 0 Å². The van der Waals surface area contributed by atoms with E-state index in [1.165, 1.54) is 21.9 Å². The van der Waals surface area contributed by atoms with Gasteiger partial charge in [0.05, 0.1) is 22.9 Å². The number of rotatable bonds is 6. The van der Waals surface area contributed by atoms with Crippen LogP contribution in [0.15, 0.2) is 164 Å². The van der Waals surface area contributed by atoms with Crippen LogP contribution in [0.25, 0.3) is 83.7 Å². The molecular weight excluding hydrogens is 611 g/mol. The lowest BCUT2D eigenvalue weighted by molar-refractivity contribution is 1.01. The molecule has 0 N–H and O–H groups in total. The molecule has 8 aromatic rings. The van der Waals surface area contributed by atoms with Gasteiger partial charge in [0.2, 0.25) is 0 Å². The number of hydrogen-bond donors (Lipinski definition) is 0. The third-order valence-electron chi connectivity index (χ3n) is 9.17. The summed E-state index contributed by atoms with van der Waals surface area (Å²) in [6.07, 6.45) is 10.3. The molecule has 50 heavy (non-hydrogen) atoms. The van der Waals surface area contributed by atoms with E-state index in [4.69, 9.17) is 24.9 Å². The van der Waals surface area contributed by atoms with Crippen LogP contribution in [0.1, 0.15) is 18.7 Å². The second-order valence-corrected chi connectivity index (χ2v) is 12.5. The van der Waals surface area contributed by atoms with E-state index in [2.05, 4.69) is 103 Å². The molecule has 2 aromatic heterocycles. The predicted octanol–water partition coefficient (Wildman–Crippen LogP) is 11.0. The molecule has 6 aromatic carbocycles. The fourth-order valence-electron chi connectivity index (χ4n) is 6.62. The topological polar surface area (TPSA) is 64.5 Å². The van der Waals surface area contributed by atoms with Gasteiger partial charge >= 0.3 is 0 Å². The summed E-state index contributed by atoms with van der Waals surface area (Å²) < 4.78 is 0. The van der Waals surface area contributed by atoms with Gasteiger partial charge in [-0.05, 0) is 76.2 Å². The van der Waals surface area contributed by atoms with Crippen LogP contribution < -0.4 is 0 Å². The largest absolute Gasteiger partial charge is 0.252 e. The van der Waals surface area contributed by atoms with Crippen LogP contribution in [0, 0.1) is 0 Å². The Bertz CT molecular complexity index is 2580. The van der Waals surface area contributed by atoms with Crippen molar-refractivity contribution in [1.29, 1.82) is 0 Å². The molecule has 0 bridgehead atoms. The van der Waals surface area contributed by atoms with Gasteiger partial charge in [0.25, 0.3) is 0 Å². The molecule has 0 spiro atoms. The molecule has 0 atom stereocenters. The SMILES string of the molecule is C1=CC(c2nc(-c3ccccc3)nc(-c3cc(-c4ccc(-c5cccc6ccccc56)cc4)cc(-c4cnc5ccccc5n4)c3)n2)=CCC1. The fourth-order valence-corrected chi connectivity index (χ4v) is 6.62. The molecule has 236 valence electrons. The minimum atomic E-state index is 0.609. The van der Waals surface area contributed by atoms with E-state index in [9.17, 15) is 0 Å². The summed E-state index contributed by atoms with van der Waals surface area (Å²) in [5.41, 5.74) is 10.8. The number of nitrogens with zero attached hydrogens (tertiary/aromatic N) is 5. The van der Waals surface area contributed by atoms with Crippen molar-refractivity contribution in [2.75, 3.05) is 0 Å². The highest BCUT2D eigenvalue weighted by Crippen LogP contribution is 2.35. The molecule has 0 aliphatic heterocycles. The fraction of sp³-hybridized carbons (Fsp3) is 0.0444. The van der Waals surface area contributed by atoms with Crippen LogP contribution in [0.2, 0.25) is 0 Å². The van der Waals surface area contributed by atoms with Crippen molar-refractivity contribution in [3.63, 3.8) is 0 Å². The van der Waals surface area contributed by atoms with Crippen LogP contribution in [0.5, 0.6) is 0 Å². The molecule has 1 aliphatic rings. The first-order valence-electron chi connectivity index (χ1n) is 16.9. The predicted molar refractivity (Wildman–Crippen MR) is 204 cm³/mol. The van der Waals surface area contributed by atoms with Gasteiger partial charge in [0.1, 0.15) is 0 Å². The van der Waals surface area contributed by atoms with Gasteiger partial charge in [0, 0.05) is 22.3 Å². The van der Waals surface area contributed by atoms with E-state index in [1.807, 2.05) is 60.8 Å². The molecule has 0 radical (unpaired) electrons. The highest BCUT2D eigenvalue weighted by Gasteiger charge is 2.16. The molecule has 0 unspecified atom stereocenters. The maximum Gasteiger partial charge on any atom is 0.164 e. The van der Waals surface area contributed by atoms with Gasteiger partial charge < -0.3 is 0 Å². The smallest absolute Gasteiger partial charge is 0.164 e. The van der Waals surface area contributed by atoms with Gasteiger partial charge in [-0.15, -0.1) is 0 Å². The molecule has 1 aliphatic carbocycles. The molecule has 9 rings (SSSR count). The summed E-state index contributed by atoms with van der Waals surface area (Å²) in [4.78, 5) is 24.8. The average Bonchev–Trinajstić information content (AvgIpc) is 3.21. The lowest BCUT2D eigenvalue weighted by atomic mass is 9.94. The summed E-state index contributed by atoms with van der Waals surface area (Å²) in [5.74, 6) is 1.92. The van der Waals surface area contributed by atoms with Crippen molar-refractivity contribution in [1.82, 2.24) is 24.9 Å². The van der Waals surface area contributed by atoms with Crippen LogP contribution in [-0.2, 0) is 0 Å². The highest BCUT2D eigenvalue weighted by atomic mass is 15.0. The van der Waals surface area contributed by atoms with Crippen molar-refractivity contribution in [3.8, 4) is 56.3 Å². The van der Waals surface area contributed by atoms with E-state index >= 15 is 0 Å². The van der Waals surface area contributed by atoms with Gasteiger partial charge in [-0.2, -0.15) is 0 Å². The molecule has 2 heterocycles. The van der Waals surface area contributed by atoms with Gasteiger partial charge in [0.15, 0.2) is 17.5 Å². The molecule has 0 saturated heterocycles. The van der Waals surface area contributed by atoms with E-state index in [0.717, 1.165) is 63.0 Å². The third-order valence-corrected chi connectivity index (χ3v) is 9.17. The first-order valence-corrected chi connectivity index (χ1v) is 16.9. The Labute approximate surface area is 290 Å². The standard InChI is InChI=1S/C45H31N5/c1-3-13-33(14-4-1)43-48-44(34-15-5-2-6-16-34)50-45(49-43)37-27-35(26-36(28-37)42-29-46-40-20-9-10-21-41(40)47-42)30-22-24-32(25-23-30)39-19-11-17-31-12-7-8-18-38(31)39/h1,3-5,7-29H,2,6H2. The zero-order valence-electron chi connectivity index (χ0n) is 27.2. The molecule has 5 nitrogen and oxygen atoms in total. The average molecular weight is 642 g/mol. The van der Waals surface area contributed by atoms with Crippen molar-refractivity contribution < 1.29 is 0 Å². The summed E-state index contributed by atoms with van der Waals surface area (Å²) >= 11 is 0. The maximum absolute atomic E-state index is 5.08. The Hall–Kier alpha value is -6.59. The molecular formula is C45H31N5. The zero-order valence-corrected chi connectivity index (χ0v) is 27.2. The lowest BCUT2D eigenvalue weighted by Crippen LogP contribution is -2.03. The molecule has 5 heteroatoms. The molecule has 0 fully saturated rings. The van der Waals surface area contributed by atoms with E-state index in [-0.39, 0.29) is 0 Å². The first kappa shape index (κ1) is 29.5. The Morgan fingerprint density at radius 1 is 0.440 bits per heavy atom. The lowest BCUT2D eigenvalue weighted by Gasteiger charge is -2.13. The highest BCUT2D eigenvalue weighted by molar-refractivity contribution is 5.97. The number of aromatic nitrogens is 5. The minimum absolute atomic E-state index is 0.609. The number of fused-ring (bicyclic) bond motifs is 2. The van der Waals surface area contributed by atoms with Crippen molar-refractivity contribution in [2.45, 2.75) is 12.8 Å². The molecule has 0 saturated carbocycles. The number of benzene rings is 6. The number of hydrogen-bond acceptors (Lipinski definition) is 5. The van der Waals surface area contributed by atoms with E-state index < -0.39 is 0 Å². The summed E-state index contributed by atoms with van der Waals surface area (Å²) in [5, 5.41) is 2.47. The monoisotopic (exact) mass is 641 g/mol. The van der Waals surface area contributed by atoms with Crippen LogP contribution >= 0.6 is 0 Å². The van der Waals surface area contributed by atoms with E-state index in [0.29, 0.717) is 17.5 Å². The first-order chi connectivity index (χ1) is 24.7. The Kier molecular flexibility index (Phi) is 7.56. The number of allylic oxidation sites excluding steroid dienone is 4. The third kappa shape index (κ3) is 5.75. The minimum Gasteiger partial charge on any atom is -0.252 e. The van der Waals surface area contributed by atoms with Crippen molar-refractivity contribution in [3.05, 3.63) is 170 Å². The summed E-state index contributed by atoms with van der Waals surface area (Å²) in [6.45, 7) is 0. The number of para-hydroxylation sites is 2.